The molecular formula is C26H24Cl2FN7O4. The van der Waals surface area contributed by atoms with E-state index in [1.165, 1.54) is 47.0 Å². The molecule has 4 aromatic rings. The van der Waals surface area contributed by atoms with Crippen molar-refractivity contribution >= 4 is 57.6 Å². The highest BCUT2D eigenvalue weighted by Gasteiger charge is 2.23. The lowest BCUT2D eigenvalue weighted by atomic mass is 10.0. The van der Waals surface area contributed by atoms with Crippen LogP contribution in [0.3, 0.4) is 0 Å². The van der Waals surface area contributed by atoms with Crippen LogP contribution in [0, 0.1) is 0 Å². The molecule has 4 heterocycles. The Hall–Kier alpha value is -4.16. The first-order valence-corrected chi connectivity index (χ1v) is 13.0. The number of pyridine rings is 1. The number of fused-ring (bicyclic) bond motifs is 1. The van der Waals surface area contributed by atoms with E-state index in [0.717, 1.165) is 0 Å². The number of carbonyl (C=O) groups excluding carboxylic acids is 2. The van der Waals surface area contributed by atoms with Crippen LogP contribution in [0.15, 0.2) is 41.7 Å². The number of aromatic hydroxyl groups is 1. The van der Waals surface area contributed by atoms with Crippen molar-refractivity contribution in [2.75, 3.05) is 23.3 Å². The van der Waals surface area contributed by atoms with Gasteiger partial charge < -0.3 is 30.2 Å². The number of aromatic nitrogens is 4. The van der Waals surface area contributed by atoms with Gasteiger partial charge in [0, 0.05) is 38.0 Å². The maximum absolute atomic E-state index is 13.6. The normalized spacial score (nSPS) is 14.1. The minimum Gasteiger partial charge on any atom is -0.506 e. The van der Waals surface area contributed by atoms with Crippen molar-refractivity contribution < 1.29 is 19.1 Å². The van der Waals surface area contributed by atoms with Gasteiger partial charge >= 0.3 is 0 Å². The number of nitrogens with two attached hydrogens (primary N) is 1. The van der Waals surface area contributed by atoms with E-state index in [1.54, 1.807) is 6.07 Å². The Morgan fingerprint density at radius 2 is 1.90 bits per heavy atom. The molecule has 1 fully saturated rings. The summed E-state index contributed by atoms with van der Waals surface area (Å²) in [6, 6.07) is 4.34. The molecule has 0 bridgehead atoms. The van der Waals surface area contributed by atoms with Crippen LogP contribution in [0.2, 0.25) is 10.0 Å². The van der Waals surface area contributed by atoms with Gasteiger partial charge in [0.15, 0.2) is 0 Å². The summed E-state index contributed by atoms with van der Waals surface area (Å²) in [5, 5.41) is 13.2. The molecule has 1 aliphatic rings. The monoisotopic (exact) mass is 587 g/mol. The van der Waals surface area contributed by atoms with E-state index in [4.69, 9.17) is 28.9 Å². The van der Waals surface area contributed by atoms with E-state index >= 15 is 0 Å². The highest BCUT2D eigenvalue weighted by atomic mass is 35.5. The van der Waals surface area contributed by atoms with E-state index in [2.05, 4.69) is 15.3 Å². The quantitative estimate of drug-likeness (QED) is 0.312. The molecule has 40 heavy (non-hydrogen) atoms. The summed E-state index contributed by atoms with van der Waals surface area (Å²) in [5.41, 5.74) is 5.97. The highest BCUT2D eigenvalue weighted by Crippen LogP contribution is 2.36. The Balaban J connectivity index is 1.49. The first kappa shape index (κ1) is 27.4. The number of hydrogen-bond donors (Lipinski definition) is 3. The average molecular weight is 588 g/mol. The molecule has 3 aromatic heterocycles. The number of piperidine rings is 1. The zero-order valence-corrected chi connectivity index (χ0v) is 22.7. The number of hydrogen-bond acceptors (Lipinski definition) is 7. The largest absolute Gasteiger partial charge is 0.506 e. The van der Waals surface area contributed by atoms with Crippen molar-refractivity contribution in [3.8, 4) is 16.9 Å². The molecule has 0 spiro atoms. The topological polar surface area (TPSA) is 148 Å². The summed E-state index contributed by atoms with van der Waals surface area (Å²) in [5.74, 6) is -1.28. The standard InChI is InChI=1S/C26H24Cl2FN7O4/c1-34-12-32-25-22(26(34)40)16(13-6-15(24(30)39)23(38)17(27)7-13)10-36(25)11-21(37)33-19-8-20(31-9-18(19)28)35-4-2-14(29)3-5-35/h6-10,12,14,38H,2-5,11H2,1H3,(H2,30,39)(H,31,33,37). The van der Waals surface area contributed by atoms with Crippen molar-refractivity contribution in [1.82, 2.24) is 19.1 Å². The Labute approximate surface area is 236 Å². The van der Waals surface area contributed by atoms with Crippen molar-refractivity contribution in [3.05, 3.63) is 62.9 Å². The minimum atomic E-state index is -0.905. The molecule has 14 heteroatoms. The van der Waals surface area contributed by atoms with Gasteiger partial charge in [0.25, 0.3) is 11.5 Å². The molecule has 11 nitrogen and oxygen atoms in total. The van der Waals surface area contributed by atoms with Crippen LogP contribution in [-0.2, 0) is 18.4 Å². The number of alkyl halides is 1. The Bertz CT molecular complexity index is 1710. The fourth-order valence-corrected chi connectivity index (χ4v) is 5.03. The third kappa shape index (κ3) is 5.19. The van der Waals surface area contributed by atoms with Crippen LogP contribution < -0.4 is 21.5 Å². The number of anilines is 2. The zero-order chi connectivity index (χ0) is 28.7. The van der Waals surface area contributed by atoms with Gasteiger partial charge in [-0.1, -0.05) is 23.2 Å². The molecule has 0 atom stereocenters. The molecule has 1 aliphatic heterocycles. The van der Waals surface area contributed by atoms with E-state index in [-0.39, 0.29) is 33.2 Å². The number of nitrogens with one attached hydrogen (secondary N) is 1. The van der Waals surface area contributed by atoms with Gasteiger partial charge in [0.1, 0.15) is 29.9 Å². The van der Waals surface area contributed by atoms with Gasteiger partial charge in [-0.25, -0.2) is 14.4 Å². The van der Waals surface area contributed by atoms with Gasteiger partial charge in [-0.2, -0.15) is 0 Å². The fourth-order valence-electron chi connectivity index (χ4n) is 4.66. The molecule has 0 radical (unpaired) electrons. The predicted octanol–water partition coefficient (Wildman–Crippen LogP) is 3.49. The molecule has 0 unspecified atom stereocenters. The molecule has 1 saturated heterocycles. The number of rotatable bonds is 6. The van der Waals surface area contributed by atoms with Crippen molar-refractivity contribution in [2.45, 2.75) is 25.6 Å². The van der Waals surface area contributed by atoms with Crippen LogP contribution in [0.4, 0.5) is 15.9 Å². The van der Waals surface area contributed by atoms with E-state index in [0.29, 0.717) is 48.6 Å². The maximum Gasteiger partial charge on any atom is 0.263 e. The first-order valence-electron chi connectivity index (χ1n) is 12.2. The fraction of sp³-hybridized carbons (Fsp3) is 0.269. The average Bonchev–Trinajstić information content (AvgIpc) is 3.28. The summed E-state index contributed by atoms with van der Waals surface area (Å²) < 4.78 is 16.3. The second-order valence-corrected chi connectivity index (χ2v) is 10.3. The number of nitrogens with zero attached hydrogens (tertiary/aromatic N) is 5. The molecular weight excluding hydrogens is 564 g/mol. The number of halogens is 3. The van der Waals surface area contributed by atoms with Gasteiger partial charge in [0.05, 0.1) is 39.2 Å². The third-order valence-electron chi connectivity index (χ3n) is 6.75. The third-order valence-corrected chi connectivity index (χ3v) is 7.34. The Morgan fingerprint density at radius 3 is 2.60 bits per heavy atom. The summed E-state index contributed by atoms with van der Waals surface area (Å²) in [6.07, 6.45) is 4.24. The van der Waals surface area contributed by atoms with E-state index in [1.807, 2.05) is 4.90 Å². The number of amides is 2. The number of aryl methyl sites for hydroxylation is 1. The van der Waals surface area contributed by atoms with Crippen LogP contribution in [0.25, 0.3) is 22.2 Å². The predicted molar refractivity (Wildman–Crippen MR) is 150 cm³/mol. The lowest BCUT2D eigenvalue weighted by Gasteiger charge is -2.29. The summed E-state index contributed by atoms with van der Waals surface area (Å²) in [6.45, 7) is 0.758. The number of primary amides is 1. The molecule has 2 amide bonds. The number of benzene rings is 1. The van der Waals surface area contributed by atoms with Crippen molar-refractivity contribution in [1.29, 1.82) is 0 Å². The van der Waals surface area contributed by atoms with Crippen LogP contribution in [0.1, 0.15) is 23.2 Å². The molecule has 208 valence electrons. The Kier molecular flexibility index (Phi) is 7.39. The molecule has 0 aliphatic carbocycles. The highest BCUT2D eigenvalue weighted by molar-refractivity contribution is 6.34. The SMILES string of the molecule is Cn1cnc2c(c(-c3cc(Cl)c(O)c(C(N)=O)c3)cn2CC(=O)Nc2cc(N3CCC(F)CC3)ncc2Cl)c1=O. The zero-order valence-electron chi connectivity index (χ0n) is 21.2. The van der Waals surface area contributed by atoms with Gasteiger partial charge in [-0.3, -0.25) is 14.4 Å². The smallest absolute Gasteiger partial charge is 0.263 e. The second-order valence-electron chi connectivity index (χ2n) is 9.48. The number of phenols is 1. The summed E-state index contributed by atoms with van der Waals surface area (Å²) in [7, 11) is 1.53. The lowest BCUT2D eigenvalue weighted by Crippen LogP contribution is -2.35. The van der Waals surface area contributed by atoms with Crippen LogP contribution in [0.5, 0.6) is 5.75 Å². The van der Waals surface area contributed by atoms with Gasteiger partial charge in [-0.15, -0.1) is 0 Å². The van der Waals surface area contributed by atoms with Crippen molar-refractivity contribution in [3.63, 3.8) is 0 Å². The molecule has 4 N–H and O–H groups in total. The molecule has 5 rings (SSSR count). The summed E-state index contributed by atoms with van der Waals surface area (Å²) >= 11 is 12.4. The molecule has 0 saturated carbocycles. The van der Waals surface area contributed by atoms with Gasteiger partial charge in [-0.05, 0) is 30.5 Å². The van der Waals surface area contributed by atoms with Gasteiger partial charge in [0.2, 0.25) is 5.91 Å². The summed E-state index contributed by atoms with van der Waals surface area (Å²) in [4.78, 5) is 48.7. The van der Waals surface area contributed by atoms with Crippen LogP contribution >= 0.6 is 23.2 Å². The second kappa shape index (κ2) is 10.8. The minimum absolute atomic E-state index is 0.135. The first-order chi connectivity index (χ1) is 19.0. The number of carbonyl (C=O) groups is 2. The van der Waals surface area contributed by atoms with Crippen LogP contribution in [-0.4, -0.2) is 55.3 Å². The lowest BCUT2D eigenvalue weighted by molar-refractivity contribution is -0.116. The molecule has 1 aromatic carbocycles. The van der Waals surface area contributed by atoms with E-state index < -0.39 is 29.3 Å². The van der Waals surface area contributed by atoms with E-state index in [9.17, 15) is 23.9 Å². The Morgan fingerprint density at radius 1 is 1.18 bits per heavy atom. The maximum atomic E-state index is 13.6. The van der Waals surface area contributed by atoms with Crippen molar-refractivity contribution in [2.24, 2.45) is 12.8 Å².